The molecule has 0 radical (unpaired) electrons. The minimum atomic E-state index is -0.701. The summed E-state index contributed by atoms with van der Waals surface area (Å²) in [7, 11) is 0. The predicted octanol–water partition coefficient (Wildman–Crippen LogP) is 2.40. The van der Waals surface area contributed by atoms with E-state index in [-0.39, 0.29) is 11.9 Å². The second-order valence-electron chi connectivity index (χ2n) is 6.18. The number of rotatable bonds is 8. The summed E-state index contributed by atoms with van der Waals surface area (Å²) in [5.74, 6) is -0.219. The van der Waals surface area contributed by atoms with Crippen LogP contribution in [0.15, 0.2) is 60.7 Å². The van der Waals surface area contributed by atoms with E-state index in [1.807, 2.05) is 55.5 Å². The molecule has 0 saturated heterocycles. The third-order valence-electron chi connectivity index (χ3n) is 4.01. The van der Waals surface area contributed by atoms with Crippen molar-refractivity contribution in [3.8, 4) is 0 Å². The Hall–Kier alpha value is -2.82. The highest BCUT2D eigenvalue weighted by Crippen LogP contribution is 2.07. The van der Waals surface area contributed by atoms with Crippen molar-refractivity contribution in [2.24, 2.45) is 5.73 Å². The second kappa shape index (κ2) is 9.47. The first kappa shape index (κ1) is 18.5. The molecular weight excluding hydrogens is 314 g/mol. The average molecular weight is 339 g/mol. The Kier molecular flexibility index (Phi) is 7.01. The molecule has 0 saturated carbocycles. The summed E-state index contributed by atoms with van der Waals surface area (Å²) >= 11 is 0. The zero-order chi connectivity index (χ0) is 18.1. The molecule has 2 atom stereocenters. The van der Waals surface area contributed by atoms with Crippen LogP contribution in [-0.2, 0) is 17.6 Å². The van der Waals surface area contributed by atoms with Gasteiger partial charge in [-0.3, -0.25) is 4.79 Å². The van der Waals surface area contributed by atoms with Crippen molar-refractivity contribution in [3.63, 3.8) is 0 Å². The maximum Gasteiger partial charge on any atom is 0.312 e. The molecule has 2 rings (SSSR count). The van der Waals surface area contributed by atoms with Crippen LogP contribution in [-0.4, -0.2) is 24.0 Å². The normalized spacial score (nSPS) is 12.8. The number of benzene rings is 2. The number of hydrogen-bond donors (Lipinski definition) is 3. The number of carbonyl (C=O) groups is 2. The van der Waals surface area contributed by atoms with E-state index in [2.05, 4.69) is 22.8 Å². The molecule has 0 unspecified atom stereocenters. The fraction of sp³-hybridized carbons (Fsp3) is 0.300. The number of nitrogens with one attached hydrogen (secondary N) is 2. The first-order valence-corrected chi connectivity index (χ1v) is 8.49. The Morgan fingerprint density at radius 3 is 2.04 bits per heavy atom. The summed E-state index contributed by atoms with van der Waals surface area (Å²) in [6, 6.07) is 18.3. The van der Waals surface area contributed by atoms with Gasteiger partial charge in [0.15, 0.2) is 0 Å². The molecule has 0 aliphatic rings. The van der Waals surface area contributed by atoms with Crippen LogP contribution in [0.1, 0.15) is 24.5 Å². The molecule has 132 valence electrons. The molecule has 0 aromatic heterocycles. The van der Waals surface area contributed by atoms with Crippen LogP contribution in [0.5, 0.6) is 0 Å². The lowest BCUT2D eigenvalue weighted by molar-refractivity contribution is -0.123. The highest BCUT2D eigenvalue weighted by atomic mass is 16.2. The van der Waals surface area contributed by atoms with E-state index in [0.717, 1.165) is 18.4 Å². The summed E-state index contributed by atoms with van der Waals surface area (Å²) in [5, 5.41) is 5.50. The zero-order valence-corrected chi connectivity index (χ0v) is 14.4. The van der Waals surface area contributed by atoms with Crippen molar-refractivity contribution in [2.45, 2.75) is 38.3 Å². The van der Waals surface area contributed by atoms with E-state index in [1.54, 1.807) is 0 Å². The minimum absolute atomic E-state index is 0.000607. The lowest BCUT2D eigenvalue weighted by Crippen LogP contribution is -2.51. The molecule has 0 heterocycles. The van der Waals surface area contributed by atoms with Crippen LogP contribution in [0.2, 0.25) is 0 Å². The molecule has 25 heavy (non-hydrogen) atoms. The largest absolute Gasteiger partial charge is 0.352 e. The SMILES string of the molecule is C[C@H](CCc1ccccc1)NC(=O)[C@@H](Cc1ccccc1)NC(N)=O. The Balaban J connectivity index is 1.90. The van der Waals surface area contributed by atoms with Crippen molar-refractivity contribution in [2.75, 3.05) is 0 Å². The van der Waals surface area contributed by atoms with Gasteiger partial charge in [-0.15, -0.1) is 0 Å². The number of hydrogen-bond acceptors (Lipinski definition) is 2. The predicted molar refractivity (Wildman–Crippen MR) is 99.0 cm³/mol. The number of nitrogens with two attached hydrogens (primary N) is 1. The summed E-state index contributed by atoms with van der Waals surface area (Å²) in [6.45, 7) is 1.96. The minimum Gasteiger partial charge on any atom is -0.352 e. The van der Waals surface area contributed by atoms with E-state index in [0.29, 0.717) is 6.42 Å². The van der Waals surface area contributed by atoms with E-state index in [1.165, 1.54) is 5.56 Å². The molecule has 0 aliphatic carbocycles. The molecule has 0 fully saturated rings. The molecule has 4 N–H and O–H groups in total. The van der Waals surface area contributed by atoms with Gasteiger partial charge >= 0.3 is 6.03 Å². The summed E-state index contributed by atoms with van der Waals surface area (Å²) in [4.78, 5) is 23.8. The van der Waals surface area contributed by atoms with Crippen molar-refractivity contribution in [1.29, 1.82) is 0 Å². The topological polar surface area (TPSA) is 84.2 Å². The maximum atomic E-state index is 12.5. The Morgan fingerprint density at radius 2 is 1.48 bits per heavy atom. The maximum absolute atomic E-state index is 12.5. The van der Waals surface area contributed by atoms with Crippen LogP contribution in [0, 0.1) is 0 Å². The van der Waals surface area contributed by atoms with Gasteiger partial charge in [0.05, 0.1) is 0 Å². The van der Waals surface area contributed by atoms with Gasteiger partial charge < -0.3 is 16.4 Å². The third kappa shape index (κ3) is 6.67. The highest BCUT2D eigenvalue weighted by molar-refractivity contribution is 5.87. The number of urea groups is 1. The number of carbonyl (C=O) groups excluding carboxylic acids is 2. The Morgan fingerprint density at radius 1 is 0.920 bits per heavy atom. The first-order chi connectivity index (χ1) is 12.0. The Labute approximate surface area is 148 Å². The van der Waals surface area contributed by atoms with Crippen LogP contribution in [0.4, 0.5) is 4.79 Å². The molecule has 3 amide bonds. The molecule has 0 aliphatic heterocycles. The van der Waals surface area contributed by atoms with Crippen molar-refractivity contribution in [1.82, 2.24) is 10.6 Å². The summed E-state index contributed by atoms with van der Waals surface area (Å²) in [5.41, 5.74) is 7.42. The molecule has 0 spiro atoms. The van der Waals surface area contributed by atoms with Crippen LogP contribution >= 0.6 is 0 Å². The number of amides is 3. The standard InChI is InChI=1S/C20H25N3O2/c1-15(12-13-16-8-4-2-5-9-16)22-19(24)18(23-20(21)25)14-17-10-6-3-7-11-17/h2-11,15,18H,12-14H2,1H3,(H,22,24)(H3,21,23,25)/t15-,18-/m1/s1. The van der Waals surface area contributed by atoms with E-state index < -0.39 is 12.1 Å². The number of primary amides is 1. The lowest BCUT2D eigenvalue weighted by Gasteiger charge is -2.21. The quantitative estimate of drug-likeness (QED) is 0.690. The monoisotopic (exact) mass is 339 g/mol. The van der Waals surface area contributed by atoms with Gasteiger partial charge in [0.1, 0.15) is 6.04 Å². The fourth-order valence-electron chi connectivity index (χ4n) is 2.67. The molecular formula is C20H25N3O2. The van der Waals surface area contributed by atoms with E-state index in [9.17, 15) is 9.59 Å². The van der Waals surface area contributed by atoms with Gasteiger partial charge in [-0.1, -0.05) is 60.7 Å². The van der Waals surface area contributed by atoms with Gasteiger partial charge in [0.25, 0.3) is 0 Å². The van der Waals surface area contributed by atoms with Gasteiger partial charge in [0.2, 0.25) is 5.91 Å². The van der Waals surface area contributed by atoms with Crippen LogP contribution in [0.3, 0.4) is 0 Å². The summed E-state index contributed by atoms with van der Waals surface area (Å²) < 4.78 is 0. The molecule has 5 heteroatoms. The number of aryl methyl sites for hydroxylation is 1. The zero-order valence-electron chi connectivity index (χ0n) is 14.4. The fourth-order valence-corrected chi connectivity index (χ4v) is 2.67. The molecule has 2 aromatic carbocycles. The molecule has 2 aromatic rings. The average Bonchev–Trinajstić information content (AvgIpc) is 2.61. The van der Waals surface area contributed by atoms with Gasteiger partial charge in [-0.25, -0.2) is 4.79 Å². The van der Waals surface area contributed by atoms with Gasteiger partial charge in [-0.05, 0) is 30.9 Å². The second-order valence-corrected chi connectivity index (χ2v) is 6.18. The van der Waals surface area contributed by atoms with E-state index in [4.69, 9.17) is 5.73 Å². The van der Waals surface area contributed by atoms with Crippen molar-refractivity contribution in [3.05, 3.63) is 71.8 Å². The van der Waals surface area contributed by atoms with Gasteiger partial charge in [0, 0.05) is 12.5 Å². The van der Waals surface area contributed by atoms with Crippen LogP contribution < -0.4 is 16.4 Å². The molecule has 0 bridgehead atoms. The Bertz CT molecular complexity index is 674. The van der Waals surface area contributed by atoms with Crippen molar-refractivity contribution < 1.29 is 9.59 Å². The van der Waals surface area contributed by atoms with Crippen LogP contribution in [0.25, 0.3) is 0 Å². The summed E-state index contributed by atoms with van der Waals surface area (Å²) in [6.07, 6.45) is 2.11. The smallest absolute Gasteiger partial charge is 0.312 e. The first-order valence-electron chi connectivity index (χ1n) is 8.49. The van der Waals surface area contributed by atoms with Crippen molar-refractivity contribution >= 4 is 11.9 Å². The molecule has 5 nitrogen and oxygen atoms in total. The van der Waals surface area contributed by atoms with E-state index >= 15 is 0 Å². The third-order valence-corrected chi connectivity index (χ3v) is 4.01. The van der Waals surface area contributed by atoms with Gasteiger partial charge in [-0.2, -0.15) is 0 Å². The lowest BCUT2D eigenvalue weighted by atomic mass is 10.0. The highest BCUT2D eigenvalue weighted by Gasteiger charge is 2.21.